The first-order chi connectivity index (χ1) is 10.4. The molecule has 2 rings (SSSR count). The molecule has 0 saturated carbocycles. The summed E-state index contributed by atoms with van der Waals surface area (Å²) in [5.41, 5.74) is 5.48. The van der Waals surface area contributed by atoms with Crippen molar-refractivity contribution < 1.29 is 4.79 Å². The second-order valence-electron chi connectivity index (χ2n) is 6.35. The third-order valence-electron chi connectivity index (χ3n) is 4.02. The van der Waals surface area contributed by atoms with Gasteiger partial charge < -0.3 is 5.32 Å². The number of carbonyl (C=O) groups is 1. The van der Waals surface area contributed by atoms with Gasteiger partial charge in [-0.15, -0.1) is 0 Å². The van der Waals surface area contributed by atoms with Crippen LogP contribution in [0.4, 0.5) is 0 Å². The predicted octanol–water partition coefficient (Wildman–Crippen LogP) is 4.96. The summed E-state index contributed by atoms with van der Waals surface area (Å²) in [6.07, 6.45) is 0. The van der Waals surface area contributed by atoms with Gasteiger partial charge in [-0.2, -0.15) is 0 Å². The van der Waals surface area contributed by atoms with Crippen molar-refractivity contribution in [3.05, 3.63) is 59.2 Å². The van der Waals surface area contributed by atoms with Crippen molar-refractivity contribution >= 4 is 5.91 Å². The highest BCUT2D eigenvalue weighted by atomic mass is 16.1. The van der Waals surface area contributed by atoms with E-state index in [2.05, 4.69) is 63.3 Å². The minimum absolute atomic E-state index is 0.0393. The van der Waals surface area contributed by atoms with Crippen LogP contribution in [0.2, 0.25) is 0 Å². The van der Waals surface area contributed by atoms with Crippen LogP contribution in [-0.2, 0) is 0 Å². The summed E-state index contributed by atoms with van der Waals surface area (Å²) in [7, 11) is 1.67. The van der Waals surface area contributed by atoms with Crippen molar-refractivity contribution in [1.82, 2.24) is 5.32 Å². The number of hydrogen-bond acceptors (Lipinski definition) is 1. The predicted molar refractivity (Wildman–Crippen MR) is 93.4 cm³/mol. The quantitative estimate of drug-likeness (QED) is 0.848. The molecule has 0 aliphatic rings. The van der Waals surface area contributed by atoms with Crippen LogP contribution in [0.1, 0.15) is 61.0 Å². The van der Waals surface area contributed by atoms with E-state index in [0.29, 0.717) is 11.8 Å². The molecule has 2 nitrogen and oxygen atoms in total. The molecule has 22 heavy (non-hydrogen) atoms. The van der Waals surface area contributed by atoms with Crippen LogP contribution in [-0.4, -0.2) is 13.0 Å². The van der Waals surface area contributed by atoms with Crippen LogP contribution in [0.5, 0.6) is 0 Å². The maximum absolute atomic E-state index is 12.0. The zero-order valence-corrected chi connectivity index (χ0v) is 14.1. The smallest absolute Gasteiger partial charge is 0.251 e. The lowest BCUT2D eigenvalue weighted by Gasteiger charge is -2.13. The van der Waals surface area contributed by atoms with E-state index in [-0.39, 0.29) is 5.91 Å². The molecule has 0 aliphatic heterocycles. The van der Waals surface area contributed by atoms with Crippen LogP contribution in [0.25, 0.3) is 11.1 Å². The molecule has 0 radical (unpaired) electrons. The first-order valence-corrected chi connectivity index (χ1v) is 7.89. The van der Waals surface area contributed by atoms with E-state index in [1.54, 1.807) is 7.05 Å². The molecule has 0 spiro atoms. The SMILES string of the molecule is CNC(=O)c1cc(-c2ccc(C(C)C)cc2)cc(C(C)C)c1. The van der Waals surface area contributed by atoms with E-state index in [4.69, 9.17) is 0 Å². The van der Waals surface area contributed by atoms with Crippen molar-refractivity contribution in [3.8, 4) is 11.1 Å². The van der Waals surface area contributed by atoms with Crippen LogP contribution in [0.15, 0.2) is 42.5 Å². The molecule has 0 aromatic heterocycles. The van der Waals surface area contributed by atoms with Gasteiger partial charge >= 0.3 is 0 Å². The third kappa shape index (κ3) is 3.56. The van der Waals surface area contributed by atoms with Gasteiger partial charge in [0.25, 0.3) is 5.91 Å². The van der Waals surface area contributed by atoms with Gasteiger partial charge in [-0.25, -0.2) is 0 Å². The molecule has 0 saturated heterocycles. The van der Waals surface area contributed by atoms with Crippen molar-refractivity contribution in [3.63, 3.8) is 0 Å². The fourth-order valence-corrected chi connectivity index (χ4v) is 2.49. The number of hydrogen-bond donors (Lipinski definition) is 1. The van der Waals surface area contributed by atoms with Gasteiger partial charge in [-0.1, -0.05) is 58.0 Å². The van der Waals surface area contributed by atoms with Gasteiger partial charge in [0.05, 0.1) is 0 Å². The fourth-order valence-electron chi connectivity index (χ4n) is 2.49. The normalized spacial score (nSPS) is 11.0. The van der Waals surface area contributed by atoms with E-state index in [1.165, 1.54) is 11.1 Å². The first-order valence-electron chi connectivity index (χ1n) is 7.89. The van der Waals surface area contributed by atoms with Crippen LogP contribution in [0, 0.1) is 0 Å². The number of carbonyl (C=O) groups excluding carboxylic acids is 1. The molecule has 1 amide bonds. The number of rotatable bonds is 4. The number of benzene rings is 2. The largest absolute Gasteiger partial charge is 0.355 e. The van der Waals surface area contributed by atoms with E-state index in [0.717, 1.165) is 16.7 Å². The highest BCUT2D eigenvalue weighted by molar-refractivity contribution is 5.95. The Hall–Kier alpha value is -2.09. The molecule has 0 atom stereocenters. The van der Waals surface area contributed by atoms with E-state index in [1.807, 2.05) is 12.1 Å². The minimum atomic E-state index is -0.0393. The fraction of sp³-hybridized carbons (Fsp3) is 0.350. The van der Waals surface area contributed by atoms with Crippen molar-refractivity contribution in [2.75, 3.05) is 7.05 Å². The van der Waals surface area contributed by atoms with E-state index < -0.39 is 0 Å². The van der Waals surface area contributed by atoms with Crippen molar-refractivity contribution in [2.45, 2.75) is 39.5 Å². The molecule has 2 heteroatoms. The van der Waals surface area contributed by atoms with Gasteiger partial charge in [-0.3, -0.25) is 4.79 Å². The molecular formula is C20H25NO. The molecular weight excluding hydrogens is 270 g/mol. The Kier molecular flexibility index (Phi) is 5.02. The third-order valence-corrected chi connectivity index (χ3v) is 4.02. The molecule has 0 fully saturated rings. The van der Waals surface area contributed by atoms with Gasteiger partial charge in [0.15, 0.2) is 0 Å². The molecule has 0 unspecified atom stereocenters. The Labute approximate surface area is 133 Å². The molecule has 116 valence electrons. The van der Waals surface area contributed by atoms with Gasteiger partial charge in [0.2, 0.25) is 0 Å². The second-order valence-corrected chi connectivity index (χ2v) is 6.35. The Bertz CT molecular complexity index is 654. The minimum Gasteiger partial charge on any atom is -0.355 e. The summed E-state index contributed by atoms with van der Waals surface area (Å²) < 4.78 is 0. The Morgan fingerprint density at radius 3 is 1.91 bits per heavy atom. The highest BCUT2D eigenvalue weighted by Gasteiger charge is 2.11. The van der Waals surface area contributed by atoms with Crippen molar-refractivity contribution in [1.29, 1.82) is 0 Å². The number of nitrogens with one attached hydrogen (secondary N) is 1. The Morgan fingerprint density at radius 1 is 0.818 bits per heavy atom. The monoisotopic (exact) mass is 295 g/mol. The standard InChI is InChI=1S/C20H25NO/c1-13(2)15-6-8-16(9-7-15)18-10-17(14(3)4)11-19(12-18)20(22)21-5/h6-14H,1-5H3,(H,21,22). The molecule has 1 N–H and O–H groups in total. The summed E-state index contributed by atoms with van der Waals surface area (Å²) in [6.45, 7) is 8.68. The van der Waals surface area contributed by atoms with Gasteiger partial charge in [-0.05, 0) is 46.2 Å². The average Bonchev–Trinajstić information content (AvgIpc) is 2.53. The molecule has 0 heterocycles. The lowest BCUT2D eigenvalue weighted by molar-refractivity contribution is 0.0963. The summed E-state index contributed by atoms with van der Waals surface area (Å²) in [5, 5.41) is 2.71. The highest BCUT2D eigenvalue weighted by Crippen LogP contribution is 2.27. The number of amides is 1. The molecule has 2 aromatic carbocycles. The summed E-state index contributed by atoms with van der Waals surface area (Å²) >= 11 is 0. The maximum Gasteiger partial charge on any atom is 0.251 e. The van der Waals surface area contributed by atoms with Crippen LogP contribution < -0.4 is 5.32 Å². The second kappa shape index (κ2) is 6.78. The molecule has 2 aromatic rings. The summed E-state index contributed by atoms with van der Waals surface area (Å²) in [6, 6.07) is 14.8. The topological polar surface area (TPSA) is 29.1 Å². The first kappa shape index (κ1) is 16.3. The van der Waals surface area contributed by atoms with Crippen LogP contribution in [0.3, 0.4) is 0 Å². The zero-order chi connectivity index (χ0) is 16.3. The lowest BCUT2D eigenvalue weighted by atomic mass is 9.93. The van der Waals surface area contributed by atoms with Gasteiger partial charge in [0, 0.05) is 12.6 Å². The van der Waals surface area contributed by atoms with Gasteiger partial charge in [0.1, 0.15) is 0 Å². The molecule has 0 bridgehead atoms. The van der Waals surface area contributed by atoms with E-state index >= 15 is 0 Å². The summed E-state index contributed by atoms with van der Waals surface area (Å²) in [4.78, 5) is 12.0. The average molecular weight is 295 g/mol. The summed E-state index contributed by atoms with van der Waals surface area (Å²) in [5.74, 6) is 0.873. The zero-order valence-electron chi connectivity index (χ0n) is 14.1. The lowest BCUT2D eigenvalue weighted by Crippen LogP contribution is -2.18. The Balaban J connectivity index is 2.49. The molecule has 0 aliphatic carbocycles. The van der Waals surface area contributed by atoms with Crippen LogP contribution >= 0.6 is 0 Å². The maximum atomic E-state index is 12.0. The Morgan fingerprint density at radius 2 is 1.41 bits per heavy atom. The van der Waals surface area contributed by atoms with Crippen molar-refractivity contribution in [2.24, 2.45) is 0 Å². The van der Waals surface area contributed by atoms with E-state index in [9.17, 15) is 4.79 Å².